The van der Waals surface area contributed by atoms with Gasteiger partial charge >= 0.3 is 0 Å². The zero-order valence-corrected chi connectivity index (χ0v) is 20.1. The van der Waals surface area contributed by atoms with Crippen molar-refractivity contribution in [3.8, 4) is 17.2 Å². The van der Waals surface area contributed by atoms with E-state index in [-0.39, 0.29) is 28.5 Å². The Morgan fingerprint density at radius 1 is 0.971 bits per heavy atom. The maximum atomic E-state index is 13.3. The summed E-state index contributed by atoms with van der Waals surface area (Å²) in [6.45, 7) is 0.140. The van der Waals surface area contributed by atoms with Crippen molar-refractivity contribution in [2.45, 2.75) is 12.6 Å². The van der Waals surface area contributed by atoms with Crippen molar-refractivity contribution in [3.63, 3.8) is 0 Å². The monoisotopic (exact) mass is 494 g/mol. The first kappa shape index (κ1) is 24.1. The van der Waals surface area contributed by atoms with Gasteiger partial charge in [0.25, 0.3) is 11.7 Å². The van der Waals surface area contributed by atoms with E-state index in [1.807, 2.05) is 0 Å². The Morgan fingerprint density at radius 3 is 2.23 bits per heavy atom. The molecule has 1 aliphatic rings. The molecule has 4 rings (SSSR count). The van der Waals surface area contributed by atoms with Crippen molar-refractivity contribution in [1.82, 2.24) is 9.88 Å². The molecular weight excluding hydrogens is 472 g/mol. The highest BCUT2D eigenvalue weighted by Crippen LogP contribution is 2.43. The number of benzene rings is 2. The molecule has 180 valence electrons. The van der Waals surface area contributed by atoms with Crippen molar-refractivity contribution in [2.24, 2.45) is 0 Å². The van der Waals surface area contributed by atoms with Crippen LogP contribution < -0.4 is 14.2 Å². The number of pyridine rings is 1. The van der Waals surface area contributed by atoms with Gasteiger partial charge in [0.05, 0.1) is 43.5 Å². The summed E-state index contributed by atoms with van der Waals surface area (Å²) in [5.74, 6) is -0.761. The zero-order chi connectivity index (χ0) is 25.1. The molecule has 1 atom stereocenters. The van der Waals surface area contributed by atoms with Crippen LogP contribution in [0.3, 0.4) is 0 Å². The second-order valence-electron chi connectivity index (χ2n) is 7.74. The second-order valence-corrected chi connectivity index (χ2v) is 8.15. The van der Waals surface area contributed by atoms with Crippen molar-refractivity contribution in [3.05, 3.63) is 88.2 Å². The smallest absolute Gasteiger partial charge is 0.295 e. The van der Waals surface area contributed by atoms with Gasteiger partial charge in [0.2, 0.25) is 0 Å². The molecule has 0 radical (unpaired) electrons. The fourth-order valence-electron chi connectivity index (χ4n) is 4.05. The van der Waals surface area contributed by atoms with Gasteiger partial charge in [-0.3, -0.25) is 14.6 Å². The maximum Gasteiger partial charge on any atom is 0.295 e. The number of hydrogen-bond acceptors (Lipinski definition) is 7. The molecule has 9 heteroatoms. The third-order valence-corrected chi connectivity index (χ3v) is 6.10. The van der Waals surface area contributed by atoms with Crippen LogP contribution in [0.5, 0.6) is 17.2 Å². The van der Waals surface area contributed by atoms with E-state index < -0.39 is 23.5 Å². The van der Waals surface area contributed by atoms with Crippen molar-refractivity contribution in [1.29, 1.82) is 0 Å². The van der Waals surface area contributed by atoms with Crippen LogP contribution in [-0.2, 0) is 16.1 Å². The van der Waals surface area contributed by atoms with Crippen LogP contribution in [0.25, 0.3) is 5.76 Å². The number of halogens is 1. The molecule has 1 N–H and O–H groups in total. The number of rotatable bonds is 7. The van der Waals surface area contributed by atoms with Crippen molar-refractivity contribution >= 4 is 29.1 Å². The summed E-state index contributed by atoms with van der Waals surface area (Å²) in [5.41, 5.74) is 1.50. The first-order chi connectivity index (χ1) is 16.9. The number of methoxy groups -OCH3 is 3. The Balaban J connectivity index is 1.91. The average Bonchev–Trinajstić information content (AvgIpc) is 3.13. The number of Topliss-reactive ketones (excluding diaryl/α,β-unsaturated/α-hetero) is 1. The lowest BCUT2D eigenvalue weighted by molar-refractivity contribution is -0.140. The van der Waals surface area contributed by atoms with E-state index in [2.05, 4.69) is 4.98 Å². The highest BCUT2D eigenvalue weighted by atomic mass is 35.5. The fraction of sp³-hybridized carbons (Fsp3) is 0.192. The summed E-state index contributed by atoms with van der Waals surface area (Å²) >= 11 is 6.30. The zero-order valence-electron chi connectivity index (χ0n) is 19.3. The van der Waals surface area contributed by atoms with Gasteiger partial charge in [-0.25, -0.2) is 0 Å². The van der Waals surface area contributed by atoms with E-state index in [0.29, 0.717) is 17.1 Å². The molecule has 2 heterocycles. The largest absolute Gasteiger partial charge is 0.507 e. The lowest BCUT2D eigenvalue weighted by Crippen LogP contribution is -2.29. The highest BCUT2D eigenvalue weighted by Gasteiger charge is 2.46. The van der Waals surface area contributed by atoms with Crippen LogP contribution in [0, 0.1) is 0 Å². The molecule has 35 heavy (non-hydrogen) atoms. The number of aromatic nitrogens is 1. The minimum Gasteiger partial charge on any atom is -0.507 e. The molecule has 1 aliphatic heterocycles. The van der Waals surface area contributed by atoms with E-state index in [4.69, 9.17) is 25.8 Å². The Morgan fingerprint density at radius 2 is 1.63 bits per heavy atom. The predicted octanol–water partition coefficient (Wildman–Crippen LogP) is 4.38. The third-order valence-electron chi connectivity index (χ3n) is 5.80. The Bertz CT molecular complexity index is 1290. The van der Waals surface area contributed by atoms with Crippen LogP contribution in [0.4, 0.5) is 0 Å². The Hall–Kier alpha value is -4.04. The van der Waals surface area contributed by atoms with E-state index in [0.717, 1.165) is 5.56 Å². The summed E-state index contributed by atoms with van der Waals surface area (Å²) in [4.78, 5) is 31.9. The molecule has 0 bridgehead atoms. The lowest BCUT2D eigenvalue weighted by Gasteiger charge is -2.25. The van der Waals surface area contributed by atoms with E-state index in [1.165, 1.54) is 31.3 Å². The summed E-state index contributed by atoms with van der Waals surface area (Å²) in [6.07, 6.45) is 3.22. The standard InChI is InChI=1S/C26H23ClN2O6/c1-33-17-6-4-16(5-7-17)23-22(24(30)18-12-19(27)21(35-3)13-20(18)34-2)25(31)26(32)29(23)14-15-8-10-28-11-9-15/h4-13,23,30H,14H2,1-3H3/b24-22+. The van der Waals surface area contributed by atoms with Gasteiger partial charge in [-0.05, 0) is 41.5 Å². The summed E-state index contributed by atoms with van der Waals surface area (Å²) < 4.78 is 15.9. The van der Waals surface area contributed by atoms with Crippen LogP contribution in [0.15, 0.2) is 66.5 Å². The molecule has 1 unspecified atom stereocenters. The summed E-state index contributed by atoms with van der Waals surface area (Å²) in [7, 11) is 4.42. The lowest BCUT2D eigenvalue weighted by atomic mass is 9.94. The van der Waals surface area contributed by atoms with E-state index in [9.17, 15) is 14.7 Å². The number of carbonyl (C=O) groups excluding carboxylic acids is 2. The molecule has 8 nitrogen and oxygen atoms in total. The van der Waals surface area contributed by atoms with Crippen LogP contribution in [-0.4, -0.2) is 48.0 Å². The van der Waals surface area contributed by atoms with Crippen molar-refractivity contribution < 1.29 is 28.9 Å². The van der Waals surface area contributed by atoms with Crippen LogP contribution in [0.1, 0.15) is 22.7 Å². The predicted molar refractivity (Wildman–Crippen MR) is 130 cm³/mol. The number of aliphatic hydroxyl groups excluding tert-OH is 1. The molecule has 1 saturated heterocycles. The summed E-state index contributed by atoms with van der Waals surface area (Å²) in [5, 5.41) is 11.6. The molecule has 1 amide bonds. The Labute approximate surface area is 207 Å². The molecule has 0 aliphatic carbocycles. The Kier molecular flexibility index (Phi) is 6.93. The molecule has 1 aromatic heterocycles. The first-order valence-corrected chi connectivity index (χ1v) is 11.0. The van der Waals surface area contributed by atoms with Crippen LogP contribution >= 0.6 is 11.6 Å². The number of ketones is 1. The first-order valence-electron chi connectivity index (χ1n) is 10.6. The second kappa shape index (κ2) is 10.1. The minimum absolute atomic E-state index is 0.0752. The van der Waals surface area contributed by atoms with Gasteiger partial charge in [0.15, 0.2) is 0 Å². The molecule has 3 aromatic rings. The number of nitrogens with zero attached hydrogens (tertiary/aromatic N) is 2. The molecule has 0 saturated carbocycles. The number of likely N-dealkylation sites (tertiary alicyclic amines) is 1. The molecule has 2 aromatic carbocycles. The van der Waals surface area contributed by atoms with E-state index >= 15 is 0 Å². The number of aliphatic hydroxyl groups is 1. The normalized spacial score (nSPS) is 16.9. The number of hydrogen-bond donors (Lipinski definition) is 1. The number of ether oxygens (including phenoxy) is 3. The number of amides is 1. The average molecular weight is 495 g/mol. The minimum atomic E-state index is -0.861. The van der Waals surface area contributed by atoms with Gasteiger partial charge in [-0.15, -0.1) is 0 Å². The molecule has 0 spiro atoms. The van der Waals surface area contributed by atoms with Crippen molar-refractivity contribution in [2.75, 3.05) is 21.3 Å². The quantitative estimate of drug-likeness (QED) is 0.295. The number of carbonyl (C=O) groups is 2. The molecule has 1 fully saturated rings. The van der Waals surface area contributed by atoms with Gasteiger partial charge in [-0.2, -0.15) is 0 Å². The fourth-order valence-corrected chi connectivity index (χ4v) is 4.29. The van der Waals surface area contributed by atoms with Gasteiger partial charge in [-0.1, -0.05) is 23.7 Å². The maximum absolute atomic E-state index is 13.3. The SMILES string of the molecule is COc1ccc(C2/C(=C(\O)c3cc(Cl)c(OC)cc3OC)C(=O)C(=O)N2Cc2ccncc2)cc1. The van der Waals surface area contributed by atoms with Gasteiger partial charge in [0, 0.05) is 25.0 Å². The van der Waals surface area contributed by atoms with Crippen LogP contribution in [0.2, 0.25) is 5.02 Å². The van der Waals surface area contributed by atoms with Gasteiger partial charge in [0.1, 0.15) is 23.0 Å². The molecular formula is C26H23ClN2O6. The highest BCUT2D eigenvalue weighted by molar-refractivity contribution is 6.46. The third kappa shape index (κ3) is 4.52. The van der Waals surface area contributed by atoms with E-state index in [1.54, 1.807) is 55.9 Å². The topological polar surface area (TPSA) is 98.2 Å². The van der Waals surface area contributed by atoms with Gasteiger partial charge < -0.3 is 24.2 Å². The summed E-state index contributed by atoms with van der Waals surface area (Å²) in [6, 6.07) is 12.6.